The molecule has 0 saturated heterocycles. The number of benzene rings is 2. The number of hydrogen-bond donors (Lipinski definition) is 1. The summed E-state index contributed by atoms with van der Waals surface area (Å²) in [5, 5.41) is 10.5. The van der Waals surface area contributed by atoms with Gasteiger partial charge in [0.05, 0.1) is 5.52 Å². The maximum Gasteiger partial charge on any atom is 0.283 e. The lowest BCUT2D eigenvalue weighted by atomic mass is 10.0. The maximum absolute atomic E-state index is 11.3. The molecule has 1 aromatic heterocycles. The van der Waals surface area contributed by atoms with E-state index in [1.165, 1.54) is 6.07 Å². The van der Waals surface area contributed by atoms with Crippen LogP contribution in [0.2, 0.25) is 0 Å². The van der Waals surface area contributed by atoms with Crippen molar-refractivity contribution >= 4 is 10.9 Å². The summed E-state index contributed by atoms with van der Waals surface area (Å²) in [6.07, 6.45) is 0. The Labute approximate surface area is 104 Å². The first-order valence-corrected chi connectivity index (χ1v) is 5.66. The van der Waals surface area contributed by atoms with Crippen LogP contribution in [0.3, 0.4) is 0 Å². The molecule has 3 rings (SSSR count). The fourth-order valence-corrected chi connectivity index (χ4v) is 2.04. The summed E-state index contributed by atoms with van der Waals surface area (Å²) in [5.41, 5.74) is 2.26. The number of hydrogen-bond acceptors (Lipinski definition) is 2. The summed E-state index contributed by atoms with van der Waals surface area (Å²) in [4.78, 5) is 11.3. The van der Waals surface area contributed by atoms with Crippen molar-refractivity contribution in [3.8, 4) is 11.1 Å². The Hall–Kier alpha value is -2.55. The van der Waals surface area contributed by atoms with Crippen LogP contribution in [0.1, 0.15) is 0 Å². The van der Waals surface area contributed by atoms with Crippen molar-refractivity contribution in [2.45, 2.75) is 0 Å². The second kappa shape index (κ2) is 4.04. The number of aromatic nitrogens is 1. The van der Waals surface area contributed by atoms with Gasteiger partial charge in [-0.1, -0.05) is 36.4 Å². The fourth-order valence-electron chi connectivity index (χ4n) is 2.04. The third-order valence-electron chi connectivity index (χ3n) is 2.98. The quantitative estimate of drug-likeness (QED) is 0.661. The summed E-state index contributed by atoms with van der Waals surface area (Å²) in [5.74, 6) is 0. The highest BCUT2D eigenvalue weighted by Gasteiger charge is 2.03. The molecule has 0 spiro atoms. The summed E-state index contributed by atoms with van der Waals surface area (Å²) in [6.45, 7) is 0. The molecule has 3 heteroatoms. The molecule has 2 aromatic carbocycles. The molecule has 0 bridgehead atoms. The van der Waals surface area contributed by atoms with Crippen LogP contribution in [0.4, 0.5) is 0 Å². The molecule has 0 fully saturated rings. The van der Waals surface area contributed by atoms with Gasteiger partial charge >= 0.3 is 0 Å². The van der Waals surface area contributed by atoms with E-state index in [-0.39, 0.29) is 0 Å². The Balaban J connectivity index is 2.25. The molecule has 0 atom stereocenters. The molecule has 1 heterocycles. The molecular formula is C15H11NO2. The zero-order valence-electron chi connectivity index (χ0n) is 9.58. The van der Waals surface area contributed by atoms with Crippen molar-refractivity contribution in [3.05, 3.63) is 71.0 Å². The van der Waals surface area contributed by atoms with Crippen LogP contribution in [0.15, 0.2) is 65.5 Å². The van der Waals surface area contributed by atoms with Crippen LogP contribution < -0.4 is 5.56 Å². The molecular weight excluding hydrogens is 226 g/mol. The number of fused-ring (bicyclic) bond motifs is 1. The number of nitrogens with zero attached hydrogens (tertiary/aromatic N) is 1. The van der Waals surface area contributed by atoms with E-state index in [1.807, 2.05) is 42.5 Å². The maximum atomic E-state index is 11.3. The zero-order valence-corrected chi connectivity index (χ0v) is 9.58. The van der Waals surface area contributed by atoms with Crippen LogP contribution >= 0.6 is 0 Å². The lowest BCUT2D eigenvalue weighted by Gasteiger charge is -2.06. The van der Waals surface area contributed by atoms with Gasteiger partial charge in [0.15, 0.2) is 0 Å². The van der Waals surface area contributed by atoms with Crippen LogP contribution in [-0.4, -0.2) is 9.94 Å². The molecule has 1 N–H and O–H groups in total. The first-order chi connectivity index (χ1) is 8.75. The second-order valence-corrected chi connectivity index (χ2v) is 4.12. The van der Waals surface area contributed by atoms with Crippen molar-refractivity contribution in [2.75, 3.05) is 0 Å². The van der Waals surface area contributed by atoms with Gasteiger partial charge in [-0.15, -0.1) is 4.73 Å². The molecule has 88 valence electrons. The van der Waals surface area contributed by atoms with E-state index < -0.39 is 5.56 Å². The van der Waals surface area contributed by atoms with Crippen molar-refractivity contribution in [3.63, 3.8) is 0 Å². The minimum Gasteiger partial charge on any atom is -0.425 e. The zero-order chi connectivity index (χ0) is 12.5. The molecule has 0 radical (unpaired) electrons. The van der Waals surface area contributed by atoms with Crippen molar-refractivity contribution in [2.24, 2.45) is 0 Å². The Kier molecular flexibility index (Phi) is 2.38. The first-order valence-electron chi connectivity index (χ1n) is 5.66. The predicted molar refractivity (Wildman–Crippen MR) is 70.8 cm³/mol. The summed E-state index contributed by atoms with van der Waals surface area (Å²) in [6, 6.07) is 18.6. The average Bonchev–Trinajstić information content (AvgIpc) is 2.44. The standard InChI is InChI=1S/C15H11NO2/c17-15-9-7-13-10-12(6-8-14(13)16(15)18)11-4-2-1-3-5-11/h1-10,18H. The average molecular weight is 237 g/mol. The van der Waals surface area contributed by atoms with E-state index in [4.69, 9.17) is 0 Å². The SMILES string of the molecule is O=c1ccc2cc(-c3ccccc3)ccc2n1O. The molecule has 0 aliphatic carbocycles. The topological polar surface area (TPSA) is 42.2 Å². The third-order valence-corrected chi connectivity index (χ3v) is 2.98. The second-order valence-electron chi connectivity index (χ2n) is 4.12. The summed E-state index contributed by atoms with van der Waals surface area (Å²) in [7, 11) is 0. The Morgan fingerprint density at radius 3 is 2.39 bits per heavy atom. The monoisotopic (exact) mass is 237 g/mol. The van der Waals surface area contributed by atoms with Crippen molar-refractivity contribution < 1.29 is 5.21 Å². The first kappa shape index (κ1) is 10.6. The van der Waals surface area contributed by atoms with Gasteiger partial charge in [-0.05, 0) is 29.3 Å². The van der Waals surface area contributed by atoms with Gasteiger partial charge in [0.25, 0.3) is 5.56 Å². The summed E-state index contributed by atoms with van der Waals surface area (Å²) >= 11 is 0. The van der Waals surface area contributed by atoms with E-state index >= 15 is 0 Å². The molecule has 3 nitrogen and oxygen atoms in total. The van der Waals surface area contributed by atoms with E-state index in [2.05, 4.69) is 0 Å². The largest absolute Gasteiger partial charge is 0.425 e. The lowest BCUT2D eigenvalue weighted by molar-refractivity contribution is 0.188. The highest BCUT2D eigenvalue weighted by Crippen LogP contribution is 2.23. The van der Waals surface area contributed by atoms with E-state index in [9.17, 15) is 10.0 Å². The Bertz CT molecular complexity index is 760. The van der Waals surface area contributed by atoms with E-state index in [1.54, 1.807) is 12.1 Å². The number of rotatable bonds is 1. The molecule has 0 amide bonds. The van der Waals surface area contributed by atoms with E-state index in [0.29, 0.717) is 10.2 Å². The Morgan fingerprint density at radius 2 is 1.61 bits per heavy atom. The smallest absolute Gasteiger partial charge is 0.283 e. The van der Waals surface area contributed by atoms with Gasteiger partial charge in [-0.2, -0.15) is 0 Å². The minimum absolute atomic E-state index is 0.421. The lowest BCUT2D eigenvalue weighted by Crippen LogP contribution is -2.15. The molecule has 3 aromatic rings. The molecule has 0 aliphatic rings. The van der Waals surface area contributed by atoms with Gasteiger partial charge in [0, 0.05) is 11.5 Å². The highest BCUT2D eigenvalue weighted by atomic mass is 16.5. The van der Waals surface area contributed by atoms with Crippen LogP contribution in [0.5, 0.6) is 0 Å². The van der Waals surface area contributed by atoms with Crippen LogP contribution in [-0.2, 0) is 0 Å². The van der Waals surface area contributed by atoms with Crippen LogP contribution in [0, 0.1) is 0 Å². The fraction of sp³-hybridized carbons (Fsp3) is 0. The van der Waals surface area contributed by atoms with Gasteiger partial charge in [-0.3, -0.25) is 4.79 Å². The van der Waals surface area contributed by atoms with Gasteiger partial charge < -0.3 is 5.21 Å². The number of pyridine rings is 1. The van der Waals surface area contributed by atoms with E-state index in [0.717, 1.165) is 16.5 Å². The van der Waals surface area contributed by atoms with Crippen LogP contribution in [0.25, 0.3) is 22.0 Å². The molecule has 0 saturated carbocycles. The summed E-state index contributed by atoms with van der Waals surface area (Å²) < 4.78 is 0.671. The predicted octanol–water partition coefficient (Wildman–Crippen LogP) is 2.91. The van der Waals surface area contributed by atoms with Gasteiger partial charge in [0.1, 0.15) is 0 Å². The van der Waals surface area contributed by atoms with Gasteiger partial charge in [-0.25, -0.2) is 0 Å². The normalized spacial score (nSPS) is 10.7. The third kappa shape index (κ3) is 1.66. The highest BCUT2D eigenvalue weighted by molar-refractivity contribution is 5.84. The Morgan fingerprint density at radius 1 is 0.833 bits per heavy atom. The van der Waals surface area contributed by atoms with Crippen molar-refractivity contribution in [1.82, 2.24) is 4.73 Å². The minimum atomic E-state index is -0.421. The molecule has 0 aliphatic heterocycles. The molecule has 18 heavy (non-hydrogen) atoms. The van der Waals surface area contributed by atoms with Crippen molar-refractivity contribution in [1.29, 1.82) is 0 Å². The van der Waals surface area contributed by atoms with Gasteiger partial charge in [0.2, 0.25) is 0 Å². The molecule has 0 unspecified atom stereocenters.